The molecule has 0 radical (unpaired) electrons. The first-order chi connectivity index (χ1) is 17.1. The summed E-state index contributed by atoms with van der Waals surface area (Å²) < 4.78 is 5.31. The fourth-order valence-electron chi connectivity index (χ4n) is 5.07. The Kier molecular flexibility index (Phi) is 4.93. The summed E-state index contributed by atoms with van der Waals surface area (Å²) in [5.41, 5.74) is 1.96. The van der Waals surface area contributed by atoms with Gasteiger partial charge < -0.3 is 9.84 Å². The lowest BCUT2D eigenvalue weighted by Crippen LogP contribution is -2.37. The second kappa shape index (κ2) is 8.14. The molecule has 2 saturated heterocycles. The van der Waals surface area contributed by atoms with Crippen LogP contribution >= 0.6 is 0 Å². The van der Waals surface area contributed by atoms with E-state index < -0.39 is 24.0 Å². The Labute approximate surface area is 201 Å². The van der Waals surface area contributed by atoms with E-state index in [4.69, 9.17) is 9.57 Å². The summed E-state index contributed by atoms with van der Waals surface area (Å²) in [6, 6.07) is 26.9. The lowest BCUT2D eigenvalue weighted by atomic mass is 9.90. The summed E-state index contributed by atoms with van der Waals surface area (Å²) in [6.45, 7) is 0. The fraction of sp³-hybridized carbons (Fsp3) is 0.143. The Morgan fingerprint density at radius 3 is 2.40 bits per heavy atom. The molecule has 7 nitrogen and oxygen atoms in total. The van der Waals surface area contributed by atoms with Crippen molar-refractivity contribution >= 4 is 34.0 Å². The number of para-hydroxylation sites is 1. The van der Waals surface area contributed by atoms with Crippen molar-refractivity contribution in [3.8, 4) is 11.5 Å². The van der Waals surface area contributed by atoms with E-state index in [0.29, 0.717) is 11.3 Å². The van der Waals surface area contributed by atoms with Gasteiger partial charge in [0.05, 0.1) is 24.5 Å². The van der Waals surface area contributed by atoms with Crippen LogP contribution in [0.3, 0.4) is 0 Å². The van der Waals surface area contributed by atoms with Gasteiger partial charge in [-0.25, -0.2) is 9.96 Å². The van der Waals surface area contributed by atoms with Crippen LogP contribution in [0.25, 0.3) is 10.8 Å². The molecule has 3 atom stereocenters. The number of fused-ring (bicyclic) bond motifs is 2. The quantitative estimate of drug-likeness (QED) is 0.443. The molecule has 0 spiro atoms. The number of imide groups is 1. The van der Waals surface area contributed by atoms with Gasteiger partial charge in [0.1, 0.15) is 5.92 Å². The number of methoxy groups -OCH3 is 1. The van der Waals surface area contributed by atoms with Crippen molar-refractivity contribution in [3.05, 3.63) is 96.6 Å². The normalized spacial score (nSPS) is 21.6. The molecule has 2 heterocycles. The molecule has 1 N–H and O–H groups in total. The number of benzene rings is 4. The number of carbonyl (C=O) groups excluding carboxylic acids is 2. The Hall–Kier alpha value is -4.36. The third-order valence-corrected chi connectivity index (χ3v) is 6.68. The average Bonchev–Trinajstić information content (AvgIpc) is 3.40. The zero-order valence-electron chi connectivity index (χ0n) is 18.9. The molecule has 6 rings (SSSR count). The second-order valence-electron chi connectivity index (χ2n) is 8.60. The van der Waals surface area contributed by atoms with Crippen LogP contribution in [0.4, 0.5) is 11.4 Å². The van der Waals surface area contributed by atoms with E-state index in [1.54, 1.807) is 23.3 Å². The third-order valence-electron chi connectivity index (χ3n) is 6.68. The molecule has 2 aliphatic rings. The number of hydrogen-bond acceptors (Lipinski definition) is 6. The highest BCUT2D eigenvalue weighted by molar-refractivity contribution is 6.26. The number of hydroxylamine groups is 1. The monoisotopic (exact) mass is 466 g/mol. The van der Waals surface area contributed by atoms with Gasteiger partial charge >= 0.3 is 0 Å². The molecular weight excluding hydrogens is 444 g/mol. The van der Waals surface area contributed by atoms with E-state index in [9.17, 15) is 14.7 Å². The molecule has 0 aliphatic carbocycles. The van der Waals surface area contributed by atoms with Crippen LogP contribution in [-0.4, -0.2) is 30.1 Å². The van der Waals surface area contributed by atoms with Crippen LogP contribution in [0.2, 0.25) is 0 Å². The maximum Gasteiger partial charge on any atom is 0.266 e. The number of amides is 2. The summed E-state index contributed by atoms with van der Waals surface area (Å²) in [4.78, 5) is 35.1. The van der Waals surface area contributed by atoms with Gasteiger partial charge in [-0.15, -0.1) is 0 Å². The van der Waals surface area contributed by atoms with E-state index in [1.165, 1.54) is 18.1 Å². The summed E-state index contributed by atoms with van der Waals surface area (Å²) in [5.74, 6) is -1.24. The van der Waals surface area contributed by atoms with E-state index in [1.807, 2.05) is 66.7 Å². The van der Waals surface area contributed by atoms with Crippen LogP contribution < -0.4 is 14.7 Å². The lowest BCUT2D eigenvalue weighted by Gasteiger charge is -2.29. The van der Waals surface area contributed by atoms with E-state index >= 15 is 0 Å². The first kappa shape index (κ1) is 21.2. The minimum Gasteiger partial charge on any atom is -0.504 e. The molecule has 35 heavy (non-hydrogen) atoms. The number of carbonyl (C=O) groups is 2. The Morgan fingerprint density at radius 1 is 0.857 bits per heavy atom. The van der Waals surface area contributed by atoms with Gasteiger partial charge in [0, 0.05) is 5.39 Å². The van der Waals surface area contributed by atoms with Crippen molar-refractivity contribution in [2.24, 2.45) is 5.92 Å². The largest absolute Gasteiger partial charge is 0.504 e. The van der Waals surface area contributed by atoms with Crippen molar-refractivity contribution in [1.82, 2.24) is 0 Å². The fourth-order valence-corrected chi connectivity index (χ4v) is 5.07. The predicted octanol–water partition coefficient (Wildman–Crippen LogP) is 4.61. The van der Waals surface area contributed by atoms with Gasteiger partial charge in [-0.3, -0.25) is 14.4 Å². The number of aromatic hydroxyl groups is 1. The molecule has 0 aromatic heterocycles. The van der Waals surface area contributed by atoms with Crippen molar-refractivity contribution in [1.29, 1.82) is 0 Å². The van der Waals surface area contributed by atoms with Crippen molar-refractivity contribution in [2.45, 2.75) is 12.1 Å². The van der Waals surface area contributed by atoms with Crippen LogP contribution in [-0.2, 0) is 14.4 Å². The number of anilines is 2. The Balaban J connectivity index is 1.48. The molecule has 4 aromatic carbocycles. The highest BCUT2D eigenvalue weighted by Crippen LogP contribution is 2.49. The molecule has 2 fully saturated rings. The second-order valence-corrected chi connectivity index (χ2v) is 8.60. The van der Waals surface area contributed by atoms with E-state index in [0.717, 1.165) is 16.5 Å². The van der Waals surface area contributed by atoms with Gasteiger partial charge in [0.2, 0.25) is 5.91 Å². The van der Waals surface area contributed by atoms with Gasteiger partial charge in [-0.05, 0) is 41.3 Å². The topological polar surface area (TPSA) is 79.3 Å². The van der Waals surface area contributed by atoms with Gasteiger partial charge in [-0.1, -0.05) is 60.7 Å². The maximum absolute atomic E-state index is 13.9. The minimum atomic E-state index is -0.980. The van der Waals surface area contributed by atoms with E-state index in [-0.39, 0.29) is 17.4 Å². The summed E-state index contributed by atoms with van der Waals surface area (Å²) >= 11 is 0. The van der Waals surface area contributed by atoms with Crippen LogP contribution in [0.1, 0.15) is 11.6 Å². The summed E-state index contributed by atoms with van der Waals surface area (Å²) in [7, 11) is 1.47. The molecule has 2 amide bonds. The number of hydrogen-bond donors (Lipinski definition) is 1. The minimum absolute atomic E-state index is 0.0100. The third kappa shape index (κ3) is 3.24. The van der Waals surface area contributed by atoms with Crippen LogP contribution in [0.5, 0.6) is 11.5 Å². The van der Waals surface area contributed by atoms with Gasteiger partial charge in [0.15, 0.2) is 17.6 Å². The molecule has 2 aliphatic heterocycles. The van der Waals surface area contributed by atoms with Crippen LogP contribution in [0.15, 0.2) is 91.0 Å². The molecule has 7 heteroatoms. The lowest BCUT2D eigenvalue weighted by molar-refractivity contribution is -0.126. The molecule has 174 valence electrons. The zero-order valence-corrected chi connectivity index (χ0v) is 18.9. The first-order valence-corrected chi connectivity index (χ1v) is 11.3. The first-order valence-electron chi connectivity index (χ1n) is 11.3. The predicted molar refractivity (Wildman–Crippen MR) is 131 cm³/mol. The molecule has 4 aromatic rings. The van der Waals surface area contributed by atoms with Crippen molar-refractivity contribution < 1.29 is 24.3 Å². The number of nitrogens with zero attached hydrogens (tertiary/aromatic N) is 2. The molecule has 0 unspecified atom stereocenters. The highest BCUT2D eigenvalue weighted by atomic mass is 16.7. The standard InChI is InChI=1S/C28H22N2O5/c1-34-23-16-18(14-15-22(23)31)25-24-26(35-30(25)19-10-3-2-4-11-19)28(33)29(27(24)32)21-13-7-9-17-8-5-6-12-20(17)21/h2-16,24-26,31H,1H3/t24-,25-,26-/m1/s1. The Morgan fingerprint density at radius 2 is 1.60 bits per heavy atom. The number of phenolic OH excluding ortho intramolecular Hbond substituents is 1. The smallest absolute Gasteiger partial charge is 0.266 e. The number of phenols is 1. The maximum atomic E-state index is 13.9. The van der Waals surface area contributed by atoms with Crippen LogP contribution in [0, 0.1) is 5.92 Å². The van der Waals surface area contributed by atoms with Crippen molar-refractivity contribution in [2.75, 3.05) is 17.1 Å². The molecule has 0 saturated carbocycles. The SMILES string of the molecule is COc1cc([C@@H]2[C@H]3C(=O)N(c4cccc5ccccc45)C(=O)[C@@H]3ON2c2ccccc2)ccc1O. The zero-order chi connectivity index (χ0) is 24.1. The number of ether oxygens (including phenoxy) is 1. The average molecular weight is 466 g/mol. The van der Waals surface area contributed by atoms with Gasteiger partial charge in [-0.2, -0.15) is 0 Å². The molecular formula is C28H22N2O5. The van der Waals surface area contributed by atoms with Gasteiger partial charge in [0.25, 0.3) is 5.91 Å². The molecule has 0 bridgehead atoms. The summed E-state index contributed by atoms with van der Waals surface area (Å²) in [5, 5.41) is 13.5. The van der Waals surface area contributed by atoms with E-state index in [2.05, 4.69) is 0 Å². The highest BCUT2D eigenvalue weighted by Gasteiger charge is 2.60. The van der Waals surface area contributed by atoms with Crippen molar-refractivity contribution in [3.63, 3.8) is 0 Å². The number of rotatable bonds is 4. The summed E-state index contributed by atoms with van der Waals surface area (Å²) in [6.07, 6.45) is -0.980. The Bertz CT molecular complexity index is 1450.